The summed E-state index contributed by atoms with van der Waals surface area (Å²) in [4.78, 5) is 5.02. The first-order valence-corrected chi connectivity index (χ1v) is 11.2. The molecule has 0 spiro atoms. The minimum atomic E-state index is 0.852. The monoisotopic (exact) mass is 419 g/mol. The number of rotatable bonds is 1. The van der Waals surface area contributed by atoms with Gasteiger partial charge < -0.3 is 4.42 Å². The molecule has 152 valence electrons. The van der Waals surface area contributed by atoms with Gasteiger partial charge in [-0.25, -0.2) is 4.98 Å². The van der Waals surface area contributed by atoms with Crippen LogP contribution in [0.15, 0.2) is 108 Å². The molecule has 0 unspecified atom stereocenters. The van der Waals surface area contributed by atoms with Gasteiger partial charge in [0.2, 0.25) is 0 Å². The summed E-state index contributed by atoms with van der Waals surface area (Å²) in [6.45, 7) is 0. The van der Waals surface area contributed by atoms with E-state index in [2.05, 4.69) is 84.9 Å². The van der Waals surface area contributed by atoms with Crippen LogP contribution in [0, 0.1) is 0 Å². The Morgan fingerprint density at radius 1 is 0.515 bits per heavy atom. The first-order valence-electron chi connectivity index (χ1n) is 11.2. The van der Waals surface area contributed by atoms with Crippen molar-refractivity contribution in [3.8, 4) is 11.1 Å². The van der Waals surface area contributed by atoms with Gasteiger partial charge in [-0.15, -0.1) is 0 Å². The van der Waals surface area contributed by atoms with Gasteiger partial charge in [0.1, 0.15) is 11.1 Å². The van der Waals surface area contributed by atoms with Crippen LogP contribution in [-0.4, -0.2) is 4.98 Å². The van der Waals surface area contributed by atoms with Crippen molar-refractivity contribution in [2.45, 2.75) is 0 Å². The lowest BCUT2D eigenvalue weighted by Gasteiger charge is -2.15. The van der Waals surface area contributed by atoms with Gasteiger partial charge in [-0.3, -0.25) is 0 Å². The lowest BCUT2D eigenvalue weighted by atomic mass is 9.88. The van der Waals surface area contributed by atoms with Gasteiger partial charge in [-0.2, -0.15) is 0 Å². The van der Waals surface area contributed by atoms with Crippen LogP contribution in [0.3, 0.4) is 0 Å². The number of fused-ring (bicyclic) bond motifs is 4. The molecule has 8 rings (SSSR count). The number of hydrogen-bond acceptors (Lipinski definition) is 2. The molecule has 0 amide bonds. The van der Waals surface area contributed by atoms with Crippen LogP contribution in [0.1, 0.15) is 0 Å². The van der Waals surface area contributed by atoms with Crippen molar-refractivity contribution in [3.05, 3.63) is 103 Å². The van der Waals surface area contributed by atoms with Crippen LogP contribution in [0.4, 0.5) is 0 Å². The Kier molecular flexibility index (Phi) is 3.16. The van der Waals surface area contributed by atoms with E-state index in [1.165, 1.54) is 37.9 Å². The van der Waals surface area contributed by atoms with E-state index < -0.39 is 0 Å². The van der Waals surface area contributed by atoms with E-state index >= 15 is 0 Å². The maximum absolute atomic E-state index is 6.47. The van der Waals surface area contributed by atoms with E-state index in [1.54, 1.807) is 0 Å². The maximum atomic E-state index is 6.47. The van der Waals surface area contributed by atoms with Crippen molar-refractivity contribution in [2.75, 3.05) is 0 Å². The Labute approximate surface area is 189 Å². The van der Waals surface area contributed by atoms with Gasteiger partial charge in [0.25, 0.3) is 0 Å². The van der Waals surface area contributed by atoms with Crippen molar-refractivity contribution in [1.82, 2.24) is 4.98 Å². The largest absolute Gasteiger partial charge is 0.454 e. The Morgan fingerprint density at radius 2 is 1.21 bits per heavy atom. The Bertz CT molecular complexity index is 2010. The third-order valence-electron chi connectivity index (χ3n) is 7.00. The molecule has 6 aromatic carbocycles. The lowest BCUT2D eigenvalue weighted by Crippen LogP contribution is -1.90. The fourth-order valence-corrected chi connectivity index (χ4v) is 5.56. The second kappa shape index (κ2) is 6.08. The second-order valence-electron chi connectivity index (χ2n) is 8.75. The van der Waals surface area contributed by atoms with Crippen molar-refractivity contribution < 1.29 is 4.42 Å². The highest BCUT2D eigenvalue weighted by molar-refractivity contribution is 6.27. The number of pyridine rings is 1. The quantitative estimate of drug-likeness (QED) is 0.249. The maximum Gasteiger partial charge on any atom is 0.162 e. The summed E-state index contributed by atoms with van der Waals surface area (Å²) in [6, 6.07) is 36.6. The second-order valence-corrected chi connectivity index (χ2v) is 8.75. The van der Waals surface area contributed by atoms with E-state index in [0.29, 0.717) is 0 Å². The van der Waals surface area contributed by atoms with Crippen LogP contribution in [-0.2, 0) is 0 Å². The molecule has 0 aliphatic carbocycles. The predicted molar refractivity (Wildman–Crippen MR) is 138 cm³/mol. The summed E-state index contributed by atoms with van der Waals surface area (Å²) >= 11 is 0. The van der Waals surface area contributed by atoms with Crippen LogP contribution in [0.5, 0.6) is 0 Å². The molecule has 0 N–H and O–H groups in total. The highest BCUT2D eigenvalue weighted by Gasteiger charge is 2.20. The Morgan fingerprint density at radius 3 is 2.09 bits per heavy atom. The predicted octanol–water partition coefficient (Wildman–Crippen LogP) is 8.70. The van der Waals surface area contributed by atoms with Gasteiger partial charge >= 0.3 is 0 Å². The molecule has 0 aliphatic rings. The standard InChI is InChI=1S/C31H17NO/c1-3-10-25-23(8-1)29(31-30(32-25)24-9-2-4-11-26(24)33-31)22-17-15-20-13-12-18-6-5-7-19-14-16-21(22)28(20)27(18)19/h1-17H. The third-order valence-corrected chi connectivity index (χ3v) is 7.00. The average molecular weight is 419 g/mol. The molecule has 2 heteroatoms. The zero-order valence-electron chi connectivity index (χ0n) is 17.7. The fourth-order valence-electron chi connectivity index (χ4n) is 5.56. The summed E-state index contributed by atoms with van der Waals surface area (Å²) in [5.41, 5.74) is 5.93. The van der Waals surface area contributed by atoms with E-state index in [0.717, 1.165) is 38.5 Å². The van der Waals surface area contributed by atoms with Crippen molar-refractivity contribution in [3.63, 3.8) is 0 Å². The molecule has 8 aromatic rings. The Hall–Kier alpha value is -4.43. The molecule has 0 fully saturated rings. The van der Waals surface area contributed by atoms with Crippen LogP contribution in [0.2, 0.25) is 0 Å². The smallest absolute Gasteiger partial charge is 0.162 e. The van der Waals surface area contributed by atoms with E-state index in [4.69, 9.17) is 9.40 Å². The highest BCUT2D eigenvalue weighted by atomic mass is 16.3. The Balaban J connectivity index is 1.63. The van der Waals surface area contributed by atoms with Crippen LogP contribution in [0.25, 0.3) is 76.4 Å². The summed E-state index contributed by atoms with van der Waals surface area (Å²) in [5, 5.41) is 9.86. The molecule has 0 radical (unpaired) electrons. The number of hydrogen-bond donors (Lipinski definition) is 0. The highest BCUT2D eigenvalue weighted by Crippen LogP contribution is 2.44. The SMILES string of the molecule is c1cc2ccc3ccc(-c4c5ccccc5nc5c4oc4ccccc45)c4ccc(c1)c2c34. The van der Waals surface area contributed by atoms with Gasteiger partial charge in [0, 0.05) is 16.3 Å². The van der Waals surface area contributed by atoms with Gasteiger partial charge in [-0.05, 0) is 56.1 Å². The number of nitrogens with zero attached hydrogens (tertiary/aromatic N) is 1. The van der Waals surface area contributed by atoms with E-state index in [9.17, 15) is 0 Å². The minimum absolute atomic E-state index is 0.852. The van der Waals surface area contributed by atoms with Crippen molar-refractivity contribution in [1.29, 1.82) is 0 Å². The van der Waals surface area contributed by atoms with E-state index in [-0.39, 0.29) is 0 Å². The first kappa shape index (κ1) is 17.2. The van der Waals surface area contributed by atoms with Crippen molar-refractivity contribution >= 4 is 65.3 Å². The molecule has 0 bridgehead atoms. The minimum Gasteiger partial charge on any atom is -0.454 e. The van der Waals surface area contributed by atoms with Gasteiger partial charge in [0.15, 0.2) is 5.58 Å². The topological polar surface area (TPSA) is 26.0 Å². The summed E-state index contributed by atoms with van der Waals surface area (Å²) in [7, 11) is 0. The first-order chi connectivity index (χ1) is 16.4. The number of furan rings is 1. The molecule has 0 atom stereocenters. The summed E-state index contributed by atoms with van der Waals surface area (Å²) in [6.07, 6.45) is 0. The number of aromatic nitrogens is 1. The summed E-state index contributed by atoms with van der Waals surface area (Å²) < 4.78 is 6.47. The van der Waals surface area contributed by atoms with Gasteiger partial charge in [0.05, 0.1) is 5.52 Å². The van der Waals surface area contributed by atoms with Crippen LogP contribution >= 0.6 is 0 Å². The molecule has 0 saturated heterocycles. The summed E-state index contributed by atoms with van der Waals surface area (Å²) in [5.74, 6) is 0. The van der Waals surface area contributed by atoms with E-state index in [1.807, 2.05) is 18.2 Å². The number of para-hydroxylation sites is 2. The third kappa shape index (κ3) is 2.20. The van der Waals surface area contributed by atoms with Crippen LogP contribution < -0.4 is 0 Å². The molecule has 0 aliphatic heterocycles. The van der Waals surface area contributed by atoms with Crippen molar-refractivity contribution in [2.24, 2.45) is 0 Å². The molecular formula is C31H17NO. The average Bonchev–Trinajstić information content (AvgIpc) is 3.24. The molecule has 2 heterocycles. The number of benzene rings is 6. The fraction of sp³-hybridized carbons (Fsp3) is 0. The molecule has 0 saturated carbocycles. The zero-order chi connectivity index (χ0) is 21.5. The lowest BCUT2D eigenvalue weighted by molar-refractivity contribution is 0.670. The molecule has 2 nitrogen and oxygen atoms in total. The zero-order valence-corrected chi connectivity index (χ0v) is 17.7. The normalized spacial score (nSPS) is 12.2. The molecule has 33 heavy (non-hydrogen) atoms. The molecular weight excluding hydrogens is 402 g/mol. The van der Waals surface area contributed by atoms with Gasteiger partial charge in [-0.1, -0.05) is 84.9 Å². The molecule has 2 aromatic heterocycles.